The van der Waals surface area contributed by atoms with Gasteiger partial charge in [0.25, 0.3) is 0 Å². The summed E-state index contributed by atoms with van der Waals surface area (Å²) in [6.45, 7) is 5.45. The summed E-state index contributed by atoms with van der Waals surface area (Å²) in [5, 5.41) is 5.77. The molecule has 2 heteroatoms. The molecule has 1 N–H and O–H groups in total. The Balaban J connectivity index is 1.73. The summed E-state index contributed by atoms with van der Waals surface area (Å²) in [6.07, 6.45) is 2.34. The Morgan fingerprint density at radius 2 is 1.94 bits per heavy atom. The number of hydrogen-bond donors (Lipinski definition) is 1. The van der Waals surface area contributed by atoms with Crippen LogP contribution in [0.2, 0.25) is 0 Å². The standard InChI is InChI=1S/C16H21NS/c1-13-10-11-18-16(13)12-17-14(2)8-9-15-6-4-3-5-7-15/h3-7,10-11,14,17H,8-9,12H2,1-2H3/t14-/m0/s1. The highest BCUT2D eigenvalue weighted by molar-refractivity contribution is 7.10. The topological polar surface area (TPSA) is 12.0 Å². The second-order valence-electron chi connectivity index (χ2n) is 4.83. The molecule has 0 saturated carbocycles. The molecule has 0 unspecified atom stereocenters. The van der Waals surface area contributed by atoms with Crippen LogP contribution in [0.15, 0.2) is 41.8 Å². The average molecular weight is 259 g/mol. The monoisotopic (exact) mass is 259 g/mol. The minimum atomic E-state index is 0.562. The van der Waals surface area contributed by atoms with Crippen molar-refractivity contribution in [1.29, 1.82) is 0 Å². The molecule has 1 heterocycles. The second kappa shape index (κ2) is 6.72. The van der Waals surface area contributed by atoms with Gasteiger partial charge in [0.05, 0.1) is 0 Å². The van der Waals surface area contributed by atoms with E-state index in [0.717, 1.165) is 13.0 Å². The maximum absolute atomic E-state index is 3.61. The third-order valence-corrected chi connectivity index (χ3v) is 4.31. The Hall–Kier alpha value is -1.12. The van der Waals surface area contributed by atoms with Crippen LogP contribution < -0.4 is 5.32 Å². The zero-order valence-electron chi connectivity index (χ0n) is 11.1. The van der Waals surface area contributed by atoms with E-state index in [0.29, 0.717) is 6.04 Å². The van der Waals surface area contributed by atoms with Crippen molar-refractivity contribution in [2.75, 3.05) is 0 Å². The lowest BCUT2D eigenvalue weighted by Gasteiger charge is -2.13. The second-order valence-corrected chi connectivity index (χ2v) is 5.83. The van der Waals surface area contributed by atoms with Crippen molar-refractivity contribution in [1.82, 2.24) is 5.32 Å². The fourth-order valence-electron chi connectivity index (χ4n) is 1.98. The summed E-state index contributed by atoms with van der Waals surface area (Å²) < 4.78 is 0. The molecule has 96 valence electrons. The molecule has 0 saturated heterocycles. The van der Waals surface area contributed by atoms with Crippen molar-refractivity contribution in [2.24, 2.45) is 0 Å². The highest BCUT2D eigenvalue weighted by atomic mass is 32.1. The number of rotatable bonds is 6. The Labute approximate surface area is 114 Å². The molecule has 1 nitrogen and oxygen atoms in total. The zero-order valence-corrected chi connectivity index (χ0v) is 12.0. The molecule has 18 heavy (non-hydrogen) atoms. The molecule has 2 rings (SSSR count). The molecule has 0 radical (unpaired) electrons. The van der Waals surface area contributed by atoms with Crippen LogP contribution in [-0.2, 0) is 13.0 Å². The van der Waals surface area contributed by atoms with Gasteiger partial charge in [-0.3, -0.25) is 0 Å². The van der Waals surface area contributed by atoms with Gasteiger partial charge in [-0.05, 0) is 49.3 Å². The fourth-order valence-corrected chi connectivity index (χ4v) is 2.84. The Bertz CT molecular complexity index is 461. The van der Waals surface area contributed by atoms with Crippen molar-refractivity contribution in [2.45, 2.75) is 39.3 Å². The first kappa shape index (κ1) is 13.3. The quantitative estimate of drug-likeness (QED) is 0.821. The predicted molar refractivity (Wildman–Crippen MR) is 80.1 cm³/mol. The molecule has 2 aromatic rings. The van der Waals surface area contributed by atoms with Crippen molar-refractivity contribution in [3.05, 3.63) is 57.8 Å². The lowest BCUT2D eigenvalue weighted by molar-refractivity contribution is 0.516. The van der Waals surface area contributed by atoms with E-state index in [1.807, 2.05) is 11.3 Å². The van der Waals surface area contributed by atoms with E-state index >= 15 is 0 Å². The normalized spacial score (nSPS) is 12.6. The first-order valence-electron chi connectivity index (χ1n) is 6.56. The van der Waals surface area contributed by atoms with Gasteiger partial charge >= 0.3 is 0 Å². The lowest BCUT2D eigenvalue weighted by Crippen LogP contribution is -2.25. The van der Waals surface area contributed by atoms with Gasteiger partial charge in [0.15, 0.2) is 0 Å². The van der Waals surface area contributed by atoms with E-state index in [2.05, 4.69) is 60.9 Å². The molecule has 1 atom stereocenters. The number of thiophene rings is 1. The molecule has 0 bridgehead atoms. The summed E-state index contributed by atoms with van der Waals surface area (Å²) in [6, 6.07) is 13.5. The van der Waals surface area contributed by atoms with Gasteiger partial charge in [0.2, 0.25) is 0 Å². The largest absolute Gasteiger partial charge is 0.309 e. The highest BCUT2D eigenvalue weighted by Crippen LogP contribution is 2.15. The molecule has 0 aliphatic carbocycles. The first-order valence-corrected chi connectivity index (χ1v) is 7.44. The summed E-state index contributed by atoms with van der Waals surface area (Å²) in [7, 11) is 0. The number of benzene rings is 1. The third-order valence-electron chi connectivity index (χ3n) is 3.29. The highest BCUT2D eigenvalue weighted by Gasteiger charge is 2.04. The third kappa shape index (κ3) is 3.97. The lowest BCUT2D eigenvalue weighted by atomic mass is 10.1. The van der Waals surface area contributed by atoms with Gasteiger partial charge in [-0.25, -0.2) is 0 Å². The van der Waals surface area contributed by atoms with Gasteiger partial charge in [-0.15, -0.1) is 11.3 Å². The number of aryl methyl sites for hydroxylation is 2. The SMILES string of the molecule is Cc1ccsc1CN[C@@H](C)CCc1ccccc1. The number of nitrogens with one attached hydrogen (secondary N) is 1. The fraction of sp³-hybridized carbons (Fsp3) is 0.375. The summed E-state index contributed by atoms with van der Waals surface area (Å²) in [5.41, 5.74) is 2.83. The van der Waals surface area contributed by atoms with Crippen molar-refractivity contribution < 1.29 is 0 Å². The molecule has 0 fully saturated rings. The average Bonchev–Trinajstić information content (AvgIpc) is 2.81. The molecule has 0 aliphatic heterocycles. The van der Waals surface area contributed by atoms with Crippen molar-refractivity contribution >= 4 is 11.3 Å². The maximum atomic E-state index is 3.61. The van der Waals surface area contributed by atoms with Crippen LogP contribution in [0.4, 0.5) is 0 Å². The maximum Gasteiger partial charge on any atom is 0.0304 e. The van der Waals surface area contributed by atoms with E-state index in [4.69, 9.17) is 0 Å². The van der Waals surface area contributed by atoms with E-state index in [1.165, 1.54) is 22.4 Å². The smallest absolute Gasteiger partial charge is 0.0304 e. The molecular formula is C16H21NS. The van der Waals surface area contributed by atoms with Crippen molar-refractivity contribution in [3.8, 4) is 0 Å². The van der Waals surface area contributed by atoms with Gasteiger partial charge < -0.3 is 5.32 Å². The molecule has 1 aromatic carbocycles. The van der Waals surface area contributed by atoms with Gasteiger partial charge in [-0.1, -0.05) is 30.3 Å². The Morgan fingerprint density at radius 3 is 2.61 bits per heavy atom. The molecule has 1 aromatic heterocycles. The molecular weight excluding hydrogens is 238 g/mol. The first-order chi connectivity index (χ1) is 8.75. The minimum absolute atomic E-state index is 0.562. The van der Waals surface area contributed by atoms with Gasteiger partial charge in [0, 0.05) is 17.5 Å². The van der Waals surface area contributed by atoms with E-state index in [9.17, 15) is 0 Å². The Morgan fingerprint density at radius 1 is 1.17 bits per heavy atom. The van der Waals surface area contributed by atoms with Crippen LogP contribution in [0, 0.1) is 6.92 Å². The predicted octanol–water partition coefficient (Wildman–Crippen LogP) is 4.17. The van der Waals surface area contributed by atoms with E-state index in [-0.39, 0.29) is 0 Å². The summed E-state index contributed by atoms with van der Waals surface area (Å²) in [4.78, 5) is 1.46. The van der Waals surface area contributed by atoms with Crippen LogP contribution in [0.3, 0.4) is 0 Å². The molecule has 0 spiro atoms. The van der Waals surface area contributed by atoms with Crippen LogP contribution in [0.5, 0.6) is 0 Å². The van der Waals surface area contributed by atoms with E-state index < -0.39 is 0 Å². The van der Waals surface area contributed by atoms with E-state index in [1.54, 1.807) is 0 Å². The molecule has 0 amide bonds. The van der Waals surface area contributed by atoms with Crippen molar-refractivity contribution in [3.63, 3.8) is 0 Å². The van der Waals surface area contributed by atoms with Crippen LogP contribution in [0.1, 0.15) is 29.3 Å². The van der Waals surface area contributed by atoms with Gasteiger partial charge in [0.1, 0.15) is 0 Å². The Kier molecular flexibility index (Phi) is 4.97. The minimum Gasteiger partial charge on any atom is -0.309 e. The zero-order chi connectivity index (χ0) is 12.8. The van der Waals surface area contributed by atoms with Crippen LogP contribution in [-0.4, -0.2) is 6.04 Å². The summed E-state index contributed by atoms with van der Waals surface area (Å²) >= 11 is 1.84. The number of hydrogen-bond acceptors (Lipinski definition) is 2. The molecule has 0 aliphatic rings. The van der Waals surface area contributed by atoms with Crippen LogP contribution in [0.25, 0.3) is 0 Å². The van der Waals surface area contributed by atoms with Gasteiger partial charge in [-0.2, -0.15) is 0 Å². The van der Waals surface area contributed by atoms with Crippen LogP contribution >= 0.6 is 11.3 Å². The summed E-state index contributed by atoms with van der Waals surface area (Å²) in [5.74, 6) is 0.